The summed E-state index contributed by atoms with van der Waals surface area (Å²) in [5, 5.41) is 2.49. The SMILES string of the molecule is O=C(Nc1ccc(S(=O)(=O)N2CCCCCC2)cc1)c1cccc(C(F)(F)F)c1. The van der Waals surface area contributed by atoms with Crippen LogP contribution in [-0.2, 0) is 16.2 Å². The van der Waals surface area contributed by atoms with E-state index in [1.165, 1.54) is 34.6 Å². The topological polar surface area (TPSA) is 66.5 Å². The maximum absolute atomic E-state index is 12.8. The van der Waals surface area contributed by atoms with Crippen LogP contribution in [0.3, 0.4) is 0 Å². The Kier molecular flexibility index (Phi) is 6.28. The van der Waals surface area contributed by atoms with Gasteiger partial charge in [-0.25, -0.2) is 8.42 Å². The number of benzene rings is 2. The van der Waals surface area contributed by atoms with Gasteiger partial charge in [0.2, 0.25) is 10.0 Å². The summed E-state index contributed by atoms with van der Waals surface area (Å²) in [6.45, 7) is 0.965. The van der Waals surface area contributed by atoms with Crippen LogP contribution in [0.15, 0.2) is 53.4 Å². The highest BCUT2D eigenvalue weighted by Gasteiger charge is 2.31. The molecule has 1 saturated heterocycles. The molecular formula is C20H21F3N2O3S. The number of anilines is 1. The van der Waals surface area contributed by atoms with Gasteiger partial charge < -0.3 is 5.32 Å². The molecule has 0 spiro atoms. The second-order valence-electron chi connectivity index (χ2n) is 6.88. The molecule has 0 unspecified atom stereocenters. The van der Waals surface area contributed by atoms with Crippen LogP contribution in [-0.4, -0.2) is 31.7 Å². The molecule has 0 bridgehead atoms. The predicted molar refractivity (Wildman–Crippen MR) is 103 cm³/mol. The highest BCUT2D eigenvalue weighted by atomic mass is 32.2. The van der Waals surface area contributed by atoms with E-state index in [1.807, 2.05) is 0 Å². The van der Waals surface area contributed by atoms with Gasteiger partial charge in [-0.05, 0) is 55.3 Å². The largest absolute Gasteiger partial charge is 0.416 e. The number of sulfonamides is 1. The fraction of sp³-hybridized carbons (Fsp3) is 0.350. The summed E-state index contributed by atoms with van der Waals surface area (Å²) in [6.07, 6.45) is -0.882. The van der Waals surface area contributed by atoms with Gasteiger partial charge in [-0.15, -0.1) is 0 Å². The number of nitrogens with zero attached hydrogens (tertiary/aromatic N) is 1. The highest BCUT2D eigenvalue weighted by molar-refractivity contribution is 7.89. The van der Waals surface area contributed by atoms with Crippen LogP contribution < -0.4 is 5.32 Å². The number of carbonyl (C=O) groups is 1. The minimum Gasteiger partial charge on any atom is -0.322 e. The number of nitrogens with one attached hydrogen (secondary N) is 1. The Labute approximate surface area is 167 Å². The average molecular weight is 426 g/mol. The van der Waals surface area contributed by atoms with Crippen molar-refractivity contribution in [2.45, 2.75) is 36.8 Å². The normalized spacial score (nSPS) is 16.2. The van der Waals surface area contributed by atoms with E-state index in [4.69, 9.17) is 0 Å². The van der Waals surface area contributed by atoms with Crippen molar-refractivity contribution in [3.63, 3.8) is 0 Å². The first-order chi connectivity index (χ1) is 13.7. The Morgan fingerprint density at radius 1 is 0.931 bits per heavy atom. The summed E-state index contributed by atoms with van der Waals surface area (Å²) >= 11 is 0. The Bertz CT molecular complexity index is 965. The summed E-state index contributed by atoms with van der Waals surface area (Å²) in [5.41, 5.74) is -0.757. The van der Waals surface area contributed by atoms with E-state index in [9.17, 15) is 26.4 Å². The van der Waals surface area contributed by atoms with Gasteiger partial charge in [0.15, 0.2) is 0 Å². The molecule has 9 heteroatoms. The third-order valence-corrected chi connectivity index (χ3v) is 6.68. The Morgan fingerprint density at radius 3 is 2.14 bits per heavy atom. The van der Waals surface area contributed by atoms with Crippen LogP contribution in [0.2, 0.25) is 0 Å². The van der Waals surface area contributed by atoms with E-state index in [2.05, 4.69) is 5.32 Å². The molecule has 0 radical (unpaired) electrons. The van der Waals surface area contributed by atoms with Crippen molar-refractivity contribution in [1.29, 1.82) is 0 Å². The summed E-state index contributed by atoms with van der Waals surface area (Å²) in [5.74, 6) is -0.709. The number of carbonyl (C=O) groups excluding carboxylic acids is 1. The zero-order valence-electron chi connectivity index (χ0n) is 15.6. The molecule has 1 N–H and O–H groups in total. The maximum atomic E-state index is 12.8. The lowest BCUT2D eigenvalue weighted by atomic mass is 10.1. The molecule has 1 aliphatic heterocycles. The van der Waals surface area contributed by atoms with Crippen molar-refractivity contribution >= 4 is 21.6 Å². The molecule has 0 saturated carbocycles. The zero-order valence-corrected chi connectivity index (χ0v) is 16.4. The first kappa shape index (κ1) is 21.3. The molecule has 29 heavy (non-hydrogen) atoms. The van der Waals surface area contributed by atoms with Crippen molar-refractivity contribution in [3.8, 4) is 0 Å². The van der Waals surface area contributed by atoms with Crippen LogP contribution in [0, 0.1) is 0 Å². The summed E-state index contributed by atoms with van der Waals surface area (Å²) in [4.78, 5) is 12.4. The summed E-state index contributed by atoms with van der Waals surface area (Å²) < 4.78 is 65.4. The lowest BCUT2D eigenvalue weighted by Crippen LogP contribution is -2.31. The second-order valence-corrected chi connectivity index (χ2v) is 8.81. The van der Waals surface area contributed by atoms with Gasteiger partial charge in [-0.2, -0.15) is 17.5 Å². The van der Waals surface area contributed by atoms with E-state index >= 15 is 0 Å². The minimum atomic E-state index is -4.54. The van der Waals surface area contributed by atoms with Crippen LogP contribution in [0.1, 0.15) is 41.6 Å². The predicted octanol–water partition coefficient (Wildman–Crippen LogP) is 4.52. The van der Waals surface area contributed by atoms with Crippen LogP contribution in [0.25, 0.3) is 0 Å². The van der Waals surface area contributed by atoms with Crippen LogP contribution >= 0.6 is 0 Å². The number of hydrogen-bond donors (Lipinski definition) is 1. The van der Waals surface area contributed by atoms with E-state index in [0.717, 1.165) is 43.9 Å². The van der Waals surface area contributed by atoms with Crippen LogP contribution in [0.4, 0.5) is 18.9 Å². The maximum Gasteiger partial charge on any atom is 0.416 e. The molecule has 1 fully saturated rings. The highest BCUT2D eigenvalue weighted by Crippen LogP contribution is 2.29. The fourth-order valence-corrected chi connectivity index (χ4v) is 4.70. The Morgan fingerprint density at radius 2 is 1.55 bits per heavy atom. The van der Waals surface area contributed by atoms with Gasteiger partial charge in [0, 0.05) is 24.3 Å². The smallest absolute Gasteiger partial charge is 0.322 e. The molecule has 0 aliphatic carbocycles. The molecular weight excluding hydrogens is 405 g/mol. The van der Waals surface area contributed by atoms with Gasteiger partial charge in [0.1, 0.15) is 0 Å². The number of hydrogen-bond acceptors (Lipinski definition) is 3. The average Bonchev–Trinajstić information content (AvgIpc) is 2.98. The molecule has 156 valence electrons. The van der Waals surface area contributed by atoms with Gasteiger partial charge in [0.05, 0.1) is 10.5 Å². The van der Waals surface area contributed by atoms with Crippen molar-refractivity contribution in [2.75, 3.05) is 18.4 Å². The van der Waals surface area contributed by atoms with E-state index in [0.29, 0.717) is 18.8 Å². The monoisotopic (exact) mass is 426 g/mol. The molecule has 1 heterocycles. The quantitative estimate of drug-likeness (QED) is 0.782. The van der Waals surface area contributed by atoms with Crippen molar-refractivity contribution in [3.05, 3.63) is 59.7 Å². The number of amides is 1. The molecule has 1 aliphatic rings. The molecule has 2 aromatic carbocycles. The van der Waals surface area contributed by atoms with Crippen molar-refractivity contribution in [2.24, 2.45) is 0 Å². The fourth-order valence-electron chi connectivity index (χ4n) is 3.18. The third-order valence-electron chi connectivity index (χ3n) is 4.77. The minimum absolute atomic E-state index is 0.122. The number of rotatable bonds is 4. The summed E-state index contributed by atoms with van der Waals surface area (Å²) in [6, 6.07) is 9.74. The lowest BCUT2D eigenvalue weighted by molar-refractivity contribution is -0.137. The standard InChI is InChI=1S/C20H21F3N2O3S/c21-20(22,23)16-7-5-6-15(14-16)19(26)24-17-8-10-18(11-9-17)29(27,28)25-12-3-1-2-4-13-25/h5-11,14H,1-4,12-13H2,(H,24,26). The molecule has 0 aromatic heterocycles. The molecule has 5 nitrogen and oxygen atoms in total. The molecule has 2 aromatic rings. The molecule has 3 rings (SSSR count). The third kappa shape index (κ3) is 5.16. The second kappa shape index (κ2) is 8.54. The van der Waals surface area contributed by atoms with Crippen LogP contribution in [0.5, 0.6) is 0 Å². The zero-order chi connectivity index (χ0) is 21.1. The van der Waals surface area contributed by atoms with Gasteiger partial charge in [0.25, 0.3) is 5.91 Å². The van der Waals surface area contributed by atoms with E-state index in [-0.39, 0.29) is 10.5 Å². The lowest BCUT2D eigenvalue weighted by Gasteiger charge is -2.20. The number of alkyl halides is 3. The van der Waals surface area contributed by atoms with E-state index in [1.54, 1.807) is 0 Å². The number of halogens is 3. The molecule has 1 amide bonds. The van der Waals surface area contributed by atoms with Crippen molar-refractivity contribution in [1.82, 2.24) is 4.31 Å². The van der Waals surface area contributed by atoms with Crippen molar-refractivity contribution < 1.29 is 26.4 Å². The Hall–Kier alpha value is -2.39. The first-order valence-electron chi connectivity index (χ1n) is 9.27. The van der Waals surface area contributed by atoms with E-state index < -0.39 is 27.7 Å². The Balaban J connectivity index is 1.73. The van der Waals surface area contributed by atoms with Gasteiger partial charge in [-0.1, -0.05) is 18.9 Å². The summed E-state index contributed by atoms with van der Waals surface area (Å²) in [7, 11) is -3.61. The van der Waals surface area contributed by atoms with Gasteiger partial charge >= 0.3 is 6.18 Å². The first-order valence-corrected chi connectivity index (χ1v) is 10.7. The van der Waals surface area contributed by atoms with Gasteiger partial charge in [-0.3, -0.25) is 4.79 Å². The molecule has 0 atom stereocenters.